The minimum atomic E-state index is -0.967. The number of nitrogens with zero attached hydrogens (tertiary/aromatic N) is 3. The first-order valence-electron chi connectivity index (χ1n) is 14.1. The van der Waals surface area contributed by atoms with Crippen LogP contribution in [0.15, 0.2) is 72.9 Å². The average molecular weight is 559 g/mol. The number of nitrogens with one attached hydrogen (secondary N) is 1. The van der Waals surface area contributed by atoms with Crippen molar-refractivity contribution in [3.05, 3.63) is 89.9 Å². The Balaban J connectivity index is 1.15. The number of aromatic nitrogens is 1. The molecule has 0 bridgehead atoms. The van der Waals surface area contributed by atoms with Crippen LogP contribution in [0.1, 0.15) is 48.5 Å². The molecule has 1 saturated carbocycles. The third kappa shape index (κ3) is 6.56. The van der Waals surface area contributed by atoms with E-state index in [0.29, 0.717) is 62.0 Å². The normalized spacial score (nSPS) is 22.7. The highest BCUT2D eigenvalue weighted by molar-refractivity contribution is 5.94. The maximum absolute atomic E-state index is 13.5. The second-order valence-electron chi connectivity index (χ2n) is 11.3. The Bertz CT molecular complexity index is 1390. The van der Waals surface area contributed by atoms with Crippen molar-refractivity contribution in [2.75, 3.05) is 19.6 Å². The number of hydrogen-bond donors (Lipinski definition) is 2. The smallest absolute Gasteiger partial charge is 0.407 e. The summed E-state index contributed by atoms with van der Waals surface area (Å²) in [6.45, 7) is 2.93. The number of hydrogen-bond acceptors (Lipinski definition) is 4. The molecule has 9 heteroatoms. The Kier molecular flexibility index (Phi) is 8.33. The minimum Gasteiger partial charge on any atom is -0.465 e. The monoisotopic (exact) mass is 558 g/mol. The van der Waals surface area contributed by atoms with E-state index in [1.807, 2.05) is 42.2 Å². The number of carbonyl (C=O) groups excluding carboxylic acids is 2. The predicted molar refractivity (Wildman–Crippen MR) is 153 cm³/mol. The molecule has 1 saturated heterocycles. The maximum atomic E-state index is 13.5. The van der Waals surface area contributed by atoms with Crippen molar-refractivity contribution in [2.45, 2.75) is 50.6 Å². The topological polar surface area (TPSA) is 103 Å². The molecule has 2 aliphatic rings. The zero-order valence-electron chi connectivity index (χ0n) is 23.1. The average Bonchev–Trinajstić information content (AvgIpc) is 2.97. The number of halogens is 1. The molecular formula is C32H35FN4O4. The van der Waals surface area contributed by atoms with E-state index in [1.54, 1.807) is 24.3 Å². The summed E-state index contributed by atoms with van der Waals surface area (Å²) in [5, 5.41) is 12.9. The molecule has 214 valence electrons. The zero-order chi connectivity index (χ0) is 29.0. The van der Waals surface area contributed by atoms with Gasteiger partial charge in [0.2, 0.25) is 5.91 Å². The van der Waals surface area contributed by atoms with Gasteiger partial charge in [0.15, 0.2) is 0 Å². The summed E-state index contributed by atoms with van der Waals surface area (Å²) in [6, 6.07) is 19.3. The largest absolute Gasteiger partial charge is 0.465 e. The van der Waals surface area contributed by atoms with E-state index >= 15 is 0 Å². The Morgan fingerprint density at radius 1 is 1.00 bits per heavy atom. The quantitative estimate of drug-likeness (QED) is 0.443. The van der Waals surface area contributed by atoms with E-state index in [9.17, 15) is 23.9 Å². The highest BCUT2D eigenvalue weighted by atomic mass is 19.1. The minimum absolute atomic E-state index is 0.0401. The molecule has 2 fully saturated rings. The fourth-order valence-corrected chi connectivity index (χ4v) is 6.13. The summed E-state index contributed by atoms with van der Waals surface area (Å²) in [5.74, 6) is -0.646. The first-order valence-corrected chi connectivity index (χ1v) is 14.1. The molecule has 0 unspecified atom stereocenters. The Morgan fingerprint density at radius 3 is 2.41 bits per heavy atom. The number of amides is 3. The van der Waals surface area contributed by atoms with Crippen molar-refractivity contribution in [1.82, 2.24) is 20.1 Å². The van der Waals surface area contributed by atoms with Gasteiger partial charge in [0, 0.05) is 43.4 Å². The second-order valence-corrected chi connectivity index (χ2v) is 11.3. The molecule has 0 spiro atoms. The van der Waals surface area contributed by atoms with Gasteiger partial charge in [0.25, 0.3) is 5.91 Å². The second kappa shape index (κ2) is 12.1. The molecule has 2 heterocycles. The number of pyridine rings is 1. The highest BCUT2D eigenvalue weighted by Gasteiger charge is 2.43. The van der Waals surface area contributed by atoms with Crippen molar-refractivity contribution >= 4 is 17.9 Å². The lowest BCUT2D eigenvalue weighted by Gasteiger charge is -2.48. The van der Waals surface area contributed by atoms with Gasteiger partial charge in [-0.3, -0.25) is 19.5 Å². The van der Waals surface area contributed by atoms with Gasteiger partial charge in [-0.1, -0.05) is 42.5 Å². The summed E-state index contributed by atoms with van der Waals surface area (Å²) < 4.78 is 13.5. The fourth-order valence-electron chi connectivity index (χ4n) is 6.13. The van der Waals surface area contributed by atoms with Crippen LogP contribution in [0.5, 0.6) is 0 Å². The predicted octanol–water partition coefficient (Wildman–Crippen LogP) is 5.00. The Morgan fingerprint density at radius 2 is 1.76 bits per heavy atom. The molecule has 1 atom stereocenters. The van der Waals surface area contributed by atoms with Crippen molar-refractivity contribution in [3.63, 3.8) is 0 Å². The molecule has 1 aliphatic heterocycles. The van der Waals surface area contributed by atoms with Crippen LogP contribution in [-0.4, -0.2) is 69.0 Å². The van der Waals surface area contributed by atoms with Crippen molar-refractivity contribution in [1.29, 1.82) is 0 Å². The third-order valence-electron chi connectivity index (χ3n) is 8.30. The molecular weight excluding hydrogens is 523 g/mol. The molecule has 1 aromatic heterocycles. The van der Waals surface area contributed by atoms with Crippen molar-refractivity contribution < 1.29 is 23.9 Å². The zero-order valence-corrected chi connectivity index (χ0v) is 23.1. The van der Waals surface area contributed by atoms with Crippen molar-refractivity contribution in [3.8, 4) is 11.3 Å². The standard InChI is InChI=1S/C32H35FN4O4/c1-32(19-22-6-3-2-4-7-22)21-36(16-17-37(32)31(40)41)30(39)23-10-13-27(14-11-23)35-29(38)25-12-15-28(34-20-25)24-8-5-9-26(33)18-24/h2-9,12,15,18,20,23,27H,10-11,13-14,16-17,19,21H2,1H3,(H,35,38)(H,40,41)/t23-,27-,32-/m0/s1. The third-order valence-corrected chi connectivity index (χ3v) is 8.30. The SMILES string of the molecule is C[C@]1(Cc2ccccc2)CN(C(=O)[C@H]2CC[C@H](NC(=O)c3ccc(-c4cccc(F)c4)nc3)CC2)CCN1C(=O)O. The molecule has 0 radical (unpaired) electrons. The van der Waals surface area contributed by atoms with Gasteiger partial charge in [0.1, 0.15) is 5.82 Å². The highest BCUT2D eigenvalue weighted by Crippen LogP contribution is 2.31. The van der Waals surface area contributed by atoms with Crippen LogP contribution in [0.2, 0.25) is 0 Å². The number of carbonyl (C=O) groups is 3. The lowest BCUT2D eigenvalue weighted by Crippen LogP contribution is -2.64. The van der Waals surface area contributed by atoms with Crippen molar-refractivity contribution in [2.24, 2.45) is 5.92 Å². The Hall–Kier alpha value is -4.27. The first-order chi connectivity index (χ1) is 19.7. The lowest BCUT2D eigenvalue weighted by molar-refractivity contribution is -0.141. The van der Waals surface area contributed by atoms with E-state index in [-0.39, 0.29) is 36.1 Å². The van der Waals surface area contributed by atoms with E-state index in [1.165, 1.54) is 23.2 Å². The van der Waals surface area contributed by atoms with Gasteiger partial charge in [-0.25, -0.2) is 9.18 Å². The van der Waals surface area contributed by atoms with Crippen LogP contribution in [0.3, 0.4) is 0 Å². The van der Waals surface area contributed by atoms with Crippen LogP contribution >= 0.6 is 0 Å². The van der Waals surface area contributed by atoms with Crippen LogP contribution in [0, 0.1) is 11.7 Å². The molecule has 5 rings (SSSR count). The van der Waals surface area contributed by atoms with Gasteiger partial charge in [-0.15, -0.1) is 0 Å². The van der Waals surface area contributed by atoms with E-state index < -0.39 is 11.6 Å². The molecule has 3 amide bonds. The molecule has 3 aromatic rings. The van der Waals surface area contributed by atoms with Crippen LogP contribution < -0.4 is 5.32 Å². The van der Waals surface area contributed by atoms with Gasteiger partial charge >= 0.3 is 6.09 Å². The molecule has 41 heavy (non-hydrogen) atoms. The van der Waals surface area contributed by atoms with Crippen LogP contribution in [0.4, 0.5) is 9.18 Å². The fraction of sp³-hybridized carbons (Fsp3) is 0.375. The Labute approximate surface area is 239 Å². The first kappa shape index (κ1) is 28.3. The van der Waals surface area contributed by atoms with Gasteiger partial charge in [-0.05, 0) is 68.9 Å². The summed E-state index contributed by atoms with van der Waals surface area (Å²) in [6.07, 6.45) is 3.75. The van der Waals surface area contributed by atoms with Gasteiger partial charge in [0.05, 0.1) is 16.8 Å². The summed E-state index contributed by atoms with van der Waals surface area (Å²) in [4.78, 5) is 46.0. The molecule has 2 N–H and O–H groups in total. The summed E-state index contributed by atoms with van der Waals surface area (Å²) >= 11 is 0. The van der Waals surface area contributed by atoms with Crippen LogP contribution in [0.25, 0.3) is 11.3 Å². The van der Waals surface area contributed by atoms with E-state index in [0.717, 1.165) is 5.56 Å². The van der Waals surface area contributed by atoms with E-state index in [4.69, 9.17) is 0 Å². The van der Waals surface area contributed by atoms with Gasteiger partial charge < -0.3 is 15.3 Å². The molecule has 2 aromatic carbocycles. The number of carboxylic acid groups (broad SMARTS) is 1. The number of rotatable bonds is 6. The van der Waals surface area contributed by atoms with E-state index in [2.05, 4.69) is 10.3 Å². The summed E-state index contributed by atoms with van der Waals surface area (Å²) in [7, 11) is 0. The lowest BCUT2D eigenvalue weighted by atomic mass is 9.83. The number of piperazine rings is 1. The molecule has 1 aliphatic carbocycles. The van der Waals surface area contributed by atoms with Crippen LogP contribution in [-0.2, 0) is 11.2 Å². The maximum Gasteiger partial charge on any atom is 0.407 e. The number of benzene rings is 2. The van der Waals surface area contributed by atoms with Gasteiger partial charge in [-0.2, -0.15) is 0 Å². The molecule has 8 nitrogen and oxygen atoms in total. The summed E-state index contributed by atoms with van der Waals surface area (Å²) in [5.41, 5.74) is 1.97.